The number of likely N-dealkylation sites (tertiary alicyclic amines) is 1. The Hall–Kier alpha value is -3.22. The number of hydrogen-bond donors (Lipinski definition) is 1. The zero-order valence-corrected chi connectivity index (χ0v) is 18.3. The molecule has 1 N–H and O–H groups in total. The van der Waals surface area contributed by atoms with Gasteiger partial charge in [-0.2, -0.15) is 5.10 Å². The van der Waals surface area contributed by atoms with Crippen molar-refractivity contribution in [1.82, 2.24) is 20.0 Å². The van der Waals surface area contributed by atoms with Gasteiger partial charge in [-0.15, -0.1) is 0 Å². The average Bonchev–Trinajstić information content (AvgIpc) is 3.46. The predicted molar refractivity (Wildman–Crippen MR) is 127 cm³/mol. The number of nitrogens with one attached hydrogen (secondary N) is 1. The number of rotatable bonds is 7. The molecule has 3 heterocycles. The molecular weight excluding hydrogens is 400 g/mol. The van der Waals surface area contributed by atoms with E-state index >= 15 is 0 Å². The van der Waals surface area contributed by atoms with Crippen molar-refractivity contribution >= 4 is 11.0 Å². The highest BCUT2D eigenvalue weighted by atomic mass is 16.4. The van der Waals surface area contributed by atoms with Gasteiger partial charge in [0.25, 0.3) is 0 Å². The lowest BCUT2D eigenvalue weighted by Gasteiger charge is -2.22. The second kappa shape index (κ2) is 9.10. The van der Waals surface area contributed by atoms with Crippen LogP contribution >= 0.6 is 0 Å². The van der Waals surface area contributed by atoms with Crippen LogP contribution in [-0.4, -0.2) is 40.4 Å². The minimum Gasteiger partial charge on any atom is -0.422 e. The van der Waals surface area contributed by atoms with Gasteiger partial charge < -0.3 is 9.73 Å². The van der Waals surface area contributed by atoms with Gasteiger partial charge in [-0.3, -0.25) is 4.90 Å². The second-order valence-electron chi connectivity index (χ2n) is 8.32. The van der Waals surface area contributed by atoms with E-state index in [1.807, 2.05) is 71.5 Å². The van der Waals surface area contributed by atoms with E-state index in [0.29, 0.717) is 29.4 Å². The first-order valence-corrected chi connectivity index (χ1v) is 11.3. The molecule has 1 aliphatic heterocycles. The molecular formula is C26H28N4O2. The SMILES string of the molecule is CCN1CCC[C@H]1CNCc1cn(-c2ccccc2)nc1-c1cc2ccccc2oc1=O. The monoisotopic (exact) mass is 428 g/mol. The van der Waals surface area contributed by atoms with Crippen molar-refractivity contribution in [3.63, 3.8) is 0 Å². The molecule has 0 unspecified atom stereocenters. The molecule has 0 saturated carbocycles. The number of hydrogen-bond acceptors (Lipinski definition) is 5. The van der Waals surface area contributed by atoms with Gasteiger partial charge in [0.15, 0.2) is 0 Å². The zero-order chi connectivity index (χ0) is 21.9. The molecule has 5 rings (SSSR count). The fraction of sp³-hybridized carbons (Fsp3) is 0.308. The van der Waals surface area contributed by atoms with E-state index in [1.165, 1.54) is 19.4 Å². The van der Waals surface area contributed by atoms with E-state index in [9.17, 15) is 4.79 Å². The molecule has 32 heavy (non-hydrogen) atoms. The highest BCUT2D eigenvalue weighted by molar-refractivity contribution is 5.81. The maximum Gasteiger partial charge on any atom is 0.345 e. The maximum absolute atomic E-state index is 12.9. The Morgan fingerprint density at radius 2 is 1.94 bits per heavy atom. The molecule has 6 heteroatoms. The Kier molecular flexibility index (Phi) is 5.88. The molecule has 164 valence electrons. The topological polar surface area (TPSA) is 63.3 Å². The number of aromatic nitrogens is 2. The van der Waals surface area contributed by atoms with Crippen LogP contribution in [0.3, 0.4) is 0 Å². The predicted octanol–water partition coefficient (Wildman–Crippen LogP) is 4.22. The quantitative estimate of drug-likeness (QED) is 0.447. The first-order valence-electron chi connectivity index (χ1n) is 11.3. The molecule has 1 saturated heterocycles. The van der Waals surface area contributed by atoms with Gasteiger partial charge in [-0.1, -0.05) is 43.3 Å². The number of likely N-dealkylation sites (N-methyl/N-ethyl adjacent to an activating group) is 1. The van der Waals surface area contributed by atoms with Gasteiger partial charge >= 0.3 is 5.63 Å². The minimum absolute atomic E-state index is 0.365. The van der Waals surface area contributed by atoms with Crippen LogP contribution in [0.25, 0.3) is 27.9 Å². The fourth-order valence-corrected chi connectivity index (χ4v) is 4.62. The summed E-state index contributed by atoms with van der Waals surface area (Å²) in [5.74, 6) is 0. The summed E-state index contributed by atoms with van der Waals surface area (Å²) in [5, 5.41) is 9.31. The average molecular weight is 429 g/mol. The summed E-state index contributed by atoms with van der Waals surface area (Å²) in [4.78, 5) is 15.4. The van der Waals surface area contributed by atoms with Crippen molar-refractivity contribution in [3.8, 4) is 16.9 Å². The first-order chi connectivity index (χ1) is 15.7. The van der Waals surface area contributed by atoms with Gasteiger partial charge in [0.05, 0.1) is 11.3 Å². The van der Waals surface area contributed by atoms with Crippen molar-refractivity contribution in [2.45, 2.75) is 32.4 Å². The maximum atomic E-state index is 12.9. The van der Waals surface area contributed by atoms with Crippen LogP contribution in [0, 0.1) is 0 Å². The molecule has 0 spiro atoms. The zero-order valence-electron chi connectivity index (χ0n) is 18.3. The van der Waals surface area contributed by atoms with Gasteiger partial charge in [0, 0.05) is 36.3 Å². The summed E-state index contributed by atoms with van der Waals surface area (Å²) in [6.07, 6.45) is 4.50. The van der Waals surface area contributed by atoms with E-state index in [1.54, 1.807) is 0 Å². The third-order valence-corrected chi connectivity index (χ3v) is 6.31. The van der Waals surface area contributed by atoms with Gasteiger partial charge in [0.2, 0.25) is 0 Å². The Bertz CT molecular complexity index is 1260. The van der Waals surface area contributed by atoms with Crippen LogP contribution < -0.4 is 10.9 Å². The van der Waals surface area contributed by atoms with E-state index in [2.05, 4.69) is 17.1 Å². The molecule has 1 atom stereocenters. The highest BCUT2D eigenvalue weighted by Gasteiger charge is 2.23. The molecule has 1 fully saturated rings. The number of benzene rings is 2. The highest BCUT2D eigenvalue weighted by Crippen LogP contribution is 2.25. The summed E-state index contributed by atoms with van der Waals surface area (Å²) in [6, 6.07) is 20.0. The van der Waals surface area contributed by atoms with Crippen molar-refractivity contribution in [2.24, 2.45) is 0 Å². The van der Waals surface area contributed by atoms with Gasteiger partial charge in [0.1, 0.15) is 11.3 Å². The van der Waals surface area contributed by atoms with Crippen LogP contribution in [0.1, 0.15) is 25.3 Å². The Labute approximate surface area is 187 Å². The van der Waals surface area contributed by atoms with Crippen LogP contribution in [0.5, 0.6) is 0 Å². The van der Waals surface area contributed by atoms with Crippen molar-refractivity contribution in [3.05, 3.63) is 82.8 Å². The lowest BCUT2D eigenvalue weighted by Crippen LogP contribution is -2.37. The molecule has 4 aromatic rings. The largest absolute Gasteiger partial charge is 0.422 e. The molecule has 6 nitrogen and oxygen atoms in total. The van der Waals surface area contributed by atoms with Crippen LogP contribution in [0.15, 0.2) is 76.1 Å². The fourth-order valence-electron chi connectivity index (χ4n) is 4.62. The van der Waals surface area contributed by atoms with Crippen LogP contribution in [-0.2, 0) is 6.54 Å². The Balaban J connectivity index is 1.49. The molecule has 0 bridgehead atoms. The van der Waals surface area contributed by atoms with E-state index in [-0.39, 0.29) is 5.63 Å². The molecule has 1 aliphatic rings. The second-order valence-corrected chi connectivity index (χ2v) is 8.32. The van der Waals surface area contributed by atoms with Gasteiger partial charge in [-0.25, -0.2) is 9.48 Å². The van der Waals surface area contributed by atoms with E-state index < -0.39 is 0 Å². The molecule has 2 aromatic heterocycles. The third kappa shape index (κ3) is 4.11. The van der Waals surface area contributed by atoms with Crippen molar-refractivity contribution in [2.75, 3.05) is 19.6 Å². The smallest absolute Gasteiger partial charge is 0.345 e. The lowest BCUT2D eigenvalue weighted by molar-refractivity contribution is 0.260. The lowest BCUT2D eigenvalue weighted by atomic mass is 10.1. The molecule has 0 amide bonds. The van der Waals surface area contributed by atoms with Crippen LogP contribution in [0.2, 0.25) is 0 Å². The summed E-state index contributed by atoms with van der Waals surface area (Å²) in [7, 11) is 0. The standard InChI is InChI=1S/C26H28N4O2/c1-2-29-14-8-12-22(29)17-27-16-20-18-30(21-10-4-3-5-11-21)28-25(20)23-15-19-9-6-7-13-24(19)32-26(23)31/h3-7,9-11,13,15,18,22,27H,2,8,12,14,16-17H2,1H3/t22-/m0/s1. The molecule has 0 radical (unpaired) electrons. The summed E-state index contributed by atoms with van der Waals surface area (Å²) >= 11 is 0. The summed E-state index contributed by atoms with van der Waals surface area (Å²) in [6.45, 7) is 6.05. The van der Waals surface area contributed by atoms with Gasteiger partial charge in [-0.05, 0) is 50.2 Å². The number of nitrogens with zero attached hydrogens (tertiary/aromatic N) is 3. The molecule has 0 aliphatic carbocycles. The van der Waals surface area contributed by atoms with E-state index in [4.69, 9.17) is 9.52 Å². The van der Waals surface area contributed by atoms with Crippen LogP contribution in [0.4, 0.5) is 0 Å². The number of para-hydroxylation sites is 2. The minimum atomic E-state index is -0.365. The van der Waals surface area contributed by atoms with E-state index in [0.717, 1.165) is 29.7 Å². The number of fused-ring (bicyclic) bond motifs is 1. The normalized spacial score (nSPS) is 16.7. The first kappa shape index (κ1) is 20.7. The Morgan fingerprint density at radius 3 is 2.78 bits per heavy atom. The summed E-state index contributed by atoms with van der Waals surface area (Å²) in [5.41, 5.74) is 3.32. The molecule has 2 aromatic carbocycles. The van der Waals surface area contributed by atoms with Crippen molar-refractivity contribution < 1.29 is 4.42 Å². The third-order valence-electron chi connectivity index (χ3n) is 6.31. The van der Waals surface area contributed by atoms with Crippen molar-refractivity contribution in [1.29, 1.82) is 0 Å². The Morgan fingerprint density at radius 1 is 1.12 bits per heavy atom. The summed E-state index contributed by atoms with van der Waals surface area (Å²) < 4.78 is 7.44.